The zero-order chi connectivity index (χ0) is 14.7. The molecule has 2 heterocycles. The van der Waals surface area contributed by atoms with Crippen molar-refractivity contribution >= 4 is 22.4 Å². The van der Waals surface area contributed by atoms with E-state index in [0.717, 1.165) is 12.1 Å². The van der Waals surface area contributed by atoms with Crippen molar-refractivity contribution in [1.82, 2.24) is 10.1 Å². The number of benzene rings is 1. The second kappa shape index (κ2) is 5.88. The Kier molecular flexibility index (Phi) is 3.79. The molecule has 106 valence electrons. The number of thiazole rings is 1. The summed E-state index contributed by atoms with van der Waals surface area (Å²) in [5, 5.41) is 8.89. The first-order chi connectivity index (χ1) is 10.2. The van der Waals surface area contributed by atoms with E-state index in [4.69, 9.17) is 4.52 Å². The second-order valence-corrected chi connectivity index (χ2v) is 5.45. The van der Waals surface area contributed by atoms with Crippen molar-refractivity contribution in [2.45, 2.75) is 13.3 Å². The van der Waals surface area contributed by atoms with Gasteiger partial charge < -0.3 is 4.52 Å². The summed E-state index contributed by atoms with van der Waals surface area (Å²) >= 11 is 1.39. The number of nitrogens with one attached hydrogen (secondary N) is 1. The molecular weight excluding hydrogens is 286 g/mol. The zero-order valence-corrected chi connectivity index (χ0v) is 12.2. The third-order valence-electron chi connectivity index (χ3n) is 2.85. The molecule has 3 rings (SSSR count). The number of carbonyl (C=O) groups excluding carboxylic acids is 1. The van der Waals surface area contributed by atoms with Gasteiger partial charge in [-0.25, -0.2) is 4.98 Å². The lowest BCUT2D eigenvalue weighted by Crippen LogP contribution is -2.10. The number of aryl methyl sites for hydroxylation is 1. The van der Waals surface area contributed by atoms with Crippen molar-refractivity contribution in [1.29, 1.82) is 0 Å². The van der Waals surface area contributed by atoms with Gasteiger partial charge in [-0.05, 0) is 12.5 Å². The van der Waals surface area contributed by atoms with Gasteiger partial charge in [0.05, 0.1) is 11.4 Å². The predicted octanol–water partition coefficient (Wildman–Crippen LogP) is 3.28. The van der Waals surface area contributed by atoms with Gasteiger partial charge in [0, 0.05) is 17.9 Å². The number of carbonyl (C=O) groups is 1. The molecule has 0 aliphatic heterocycles. The Morgan fingerprint density at radius 1 is 1.33 bits per heavy atom. The molecule has 5 nitrogen and oxygen atoms in total. The molecule has 3 aromatic rings. The molecule has 0 aliphatic rings. The maximum atomic E-state index is 11.9. The summed E-state index contributed by atoms with van der Waals surface area (Å²) < 4.78 is 4.92. The molecule has 1 amide bonds. The van der Waals surface area contributed by atoms with E-state index in [1.807, 2.05) is 23.6 Å². The molecule has 0 radical (unpaired) electrons. The fourth-order valence-corrected chi connectivity index (χ4v) is 2.59. The van der Waals surface area contributed by atoms with E-state index in [2.05, 4.69) is 27.6 Å². The van der Waals surface area contributed by atoms with Crippen LogP contribution in [0.4, 0.5) is 5.13 Å². The van der Waals surface area contributed by atoms with E-state index >= 15 is 0 Å². The van der Waals surface area contributed by atoms with Crippen LogP contribution in [0.1, 0.15) is 27.5 Å². The first-order valence-corrected chi connectivity index (χ1v) is 7.31. The minimum atomic E-state index is -0.337. The molecule has 0 spiro atoms. The van der Waals surface area contributed by atoms with Crippen LogP contribution < -0.4 is 5.32 Å². The van der Waals surface area contributed by atoms with Crippen molar-refractivity contribution in [3.8, 4) is 0 Å². The standard InChI is InChI=1S/C15H13N3O2S/c1-10-7-13(20-18-10)14(19)17-15-16-12(9-21-15)8-11-5-3-2-4-6-11/h2-7,9H,8H2,1H3,(H,16,17,19). The summed E-state index contributed by atoms with van der Waals surface area (Å²) in [6.45, 7) is 1.77. The van der Waals surface area contributed by atoms with Gasteiger partial charge in [0.15, 0.2) is 5.13 Å². The summed E-state index contributed by atoms with van der Waals surface area (Å²) in [4.78, 5) is 16.3. The molecule has 21 heavy (non-hydrogen) atoms. The Bertz CT molecular complexity index is 749. The Labute approximate surface area is 125 Å². The Hall–Kier alpha value is -2.47. The molecule has 0 aliphatic carbocycles. The Morgan fingerprint density at radius 3 is 2.86 bits per heavy atom. The van der Waals surface area contributed by atoms with Crippen LogP contribution in [0.25, 0.3) is 0 Å². The van der Waals surface area contributed by atoms with Crippen LogP contribution in [0.2, 0.25) is 0 Å². The van der Waals surface area contributed by atoms with E-state index in [0.29, 0.717) is 10.8 Å². The number of hydrogen-bond acceptors (Lipinski definition) is 5. The maximum absolute atomic E-state index is 11.9. The van der Waals surface area contributed by atoms with E-state index < -0.39 is 0 Å². The van der Waals surface area contributed by atoms with Crippen LogP contribution in [0.5, 0.6) is 0 Å². The maximum Gasteiger partial charge on any atom is 0.296 e. The summed E-state index contributed by atoms with van der Waals surface area (Å²) in [6.07, 6.45) is 0.745. The minimum Gasteiger partial charge on any atom is -0.351 e. The lowest BCUT2D eigenvalue weighted by Gasteiger charge is -1.98. The normalized spacial score (nSPS) is 10.5. The molecule has 1 aromatic carbocycles. The fourth-order valence-electron chi connectivity index (χ4n) is 1.88. The third-order valence-corrected chi connectivity index (χ3v) is 3.66. The topological polar surface area (TPSA) is 68.0 Å². The van der Waals surface area contributed by atoms with E-state index in [1.165, 1.54) is 16.9 Å². The number of hydrogen-bond donors (Lipinski definition) is 1. The quantitative estimate of drug-likeness (QED) is 0.802. The van der Waals surface area contributed by atoms with Crippen molar-refractivity contribution < 1.29 is 9.32 Å². The first kappa shape index (κ1) is 13.5. The number of anilines is 1. The van der Waals surface area contributed by atoms with Gasteiger partial charge in [0.1, 0.15) is 0 Å². The summed E-state index contributed by atoms with van der Waals surface area (Å²) in [7, 11) is 0. The summed E-state index contributed by atoms with van der Waals surface area (Å²) in [5.74, 6) is -0.150. The highest BCUT2D eigenvalue weighted by atomic mass is 32.1. The van der Waals surface area contributed by atoms with Crippen LogP contribution >= 0.6 is 11.3 Å². The fraction of sp³-hybridized carbons (Fsp3) is 0.133. The molecule has 0 unspecified atom stereocenters. The van der Waals surface area contributed by atoms with Crippen LogP contribution in [0.15, 0.2) is 46.3 Å². The average Bonchev–Trinajstić information content (AvgIpc) is 3.09. The highest BCUT2D eigenvalue weighted by Gasteiger charge is 2.13. The van der Waals surface area contributed by atoms with Gasteiger partial charge in [-0.1, -0.05) is 35.5 Å². The number of amides is 1. The lowest BCUT2D eigenvalue weighted by molar-refractivity contribution is 0.0988. The van der Waals surface area contributed by atoms with Gasteiger partial charge in [-0.2, -0.15) is 0 Å². The predicted molar refractivity (Wildman–Crippen MR) is 80.6 cm³/mol. The van der Waals surface area contributed by atoms with Crippen molar-refractivity contribution in [3.63, 3.8) is 0 Å². The second-order valence-electron chi connectivity index (χ2n) is 4.59. The third kappa shape index (κ3) is 3.35. The molecule has 2 aromatic heterocycles. The molecule has 0 saturated carbocycles. The van der Waals surface area contributed by atoms with Crippen LogP contribution in [0, 0.1) is 6.92 Å². The van der Waals surface area contributed by atoms with Crippen molar-refractivity contribution in [2.24, 2.45) is 0 Å². The van der Waals surface area contributed by atoms with Gasteiger partial charge in [0.25, 0.3) is 5.91 Å². The number of aromatic nitrogens is 2. The highest BCUT2D eigenvalue weighted by molar-refractivity contribution is 7.13. The summed E-state index contributed by atoms with van der Waals surface area (Å²) in [5.41, 5.74) is 2.78. The molecule has 0 saturated heterocycles. The summed E-state index contributed by atoms with van der Waals surface area (Å²) in [6, 6.07) is 11.7. The molecular formula is C15H13N3O2S. The SMILES string of the molecule is Cc1cc(C(=O)Nc2nc(Cc3ccccc3)cs2)on1. The molecule has 0 fully saturated rings. The van der Waals surface area contributed by atoms with Gasteiger partial charge in [-0.3, -0.25) is 10.1 Å². The smallest absolute Gasteiger partial charge is 0.296 e. The number of rotatable bonds is 4. The van der Waals surface area contributed by atoms with Crippen molar-refractivity contribution in [2.75, 3.05) is 5.32 Å². The van der Waals surface area contributed by atoms with Gasteiger partial charge in [0.2, 0.25) is 5.76 Å². The molecule has 0 atom stereocenters. The van der Waals surface area contributed by atoms with Crippen LogP contribution in [-0.2, 0) is 6.42 Å². The molecule has 1 N–H and O–H groups in total. The van der Waals surface area contributed by atoms with Crippen LogP contribution in [0.3, 0.4) is 0 Å². The zero-order valence-electron chi connectivity index (χ0n) is 11.4. The average molecular weight is 299 g/mol. The van der Waals surface area contributed by atoms with E-state index in [1.54, 1.807) is 13.0 Å². The monoisotopic (exact) mass is 299 g/mol. The Balaban J connectivity index is 1.66. The first-order valence-electron chi connectivity index (χ1n) is 6.44. The largest absolute Gasteiger partial charge is 0.351 e. The van der Waals surface area contributed by atoms with E-state index in [9.17, 15) is 4.79 Å². The minimum absolute atomic E-state index is 0.187. The van der Waals surface area contributed by atoms with Gasteiger partial charge in [-0.15, -0.1) is 11.3 Å². The number of nitrogens with zero attached hydrogens (tertiary/aromatic N) is 2. The molecule has 0 bridgehead atoms. The van der Waals surface area contributed by atoms with Gasteiger partial charge >= 0.3 is 0 Å². The van der Waals surface area contributed by atoms with Crippen molar-refractivity contribution in [3.05, 3.63) is 64.5 Å². The lowest BCUT2D eigenvalue weighted by atomic mass is 10.1. The highest BCUT2D eigenvalue weighted by Crippen LogP contribution is 2.19. The van der Waals surface area contributed by atoms with E-state index in [-0.39, 0.29) is 11.7 Å². The van der Waals surface area contributed by atoms with Crippen LogP contribution in [-0.4, -0.2) is 16.0 Å². The molecule has 6 heteroatoms. The Morgan fingerprint density at radius 2 is 2.14 bits per heavy atom.